The van der Waals surface area contributed by atoms with Crippen molar-refractivity contribution >= 4 is 17.1 Å². The maximum Gasteiger partial charge on any atom is 0.174 e. The number of anilines is 3. The average molecular weight is 795 g/mol. The Kier molecular flexibility index (Phi) is 11.4. The number of aromatic nitrogens is 3. The van der Waals surface area contributed by atoms with Gasteiger partial charge in [0.15, 0.2) is 56.8 Å². The van der Waals surface area contributed by atoms with E-state index < -0.39 is 0 Å². The summed E-state index contributed by atoms with van der Waals surface area (Å²) in [7, 11) is 0. The van der Waals surface area contributed by atoms with Crippen molar-refractivity contribution in [3.63, 3.8) is 0 Å². The van der Waals surface area contributed by atoms with E-state index in [-0.39, 0.29) is 50.9 Å². The largest absolute Gasteiger partial charge is 1.00 e. The molecule has 0 radical (unpaired) electrons. The minimum atomic E-state index is 0. The Morgan fingerprint density at radius 1 is 0.422 bits per heavy atom. The van der Waals surface area contributed by atoms with E-state index in [4.69, 9.17) is 0 Å². The molecular formula is C36H39Br3N6. The van der Waals surface area contributed by atoms with Crippen molar-refractivity contribution in [3.05, 3.63) is 142 Å². The molecule has 0 saturated carbocycles. The summed E-state index contributed by atoms with van der Waals surface area (Å²) in [5.74, 6) is 0. The van der Waals surface area contributed by atoms with Gasteiger partial charge < -0.3 is 66.9 Å². The molecule has 3 N–H and O–H groups in total. The van der Waals surface area contributed by atoms with Gasteiger partial charge in [-0.2, -0.15) is 0 Å². The van der Waals surface area contributed by atoms with Crippen LogP contribution in [0.25, 0.3) is 0 Å². The molecule has 9 heteroatoms. The van der Waals surface area contributed by atoms with Gasteiger partial charge in [-0.15, -0.1) is 0 Å². The van der Waals surface area contributed by atoms with E-state index in [9.17, 15) is 0 Å². The summed E-state index contributed by atoms with van der Waals surface area (Å²) in [5, 5.41) is 11.0. The molecule has 5 aromatic rings. The van der Waals surface area contributed by atoms with Crippen LogP contribution in [0.1, 0.15) is 50.1 Å². The second-order valence-corrected chi connectivity index (χ2v) is 11.8. The van der Waals surface area contributed by atoms with Gasteiger partial charge in [0.25, 0.3) is 0 Å². The molecule has 11 aliphatic heterocycles. The molecule has 0 saturated heterocycles. The Balaban J connectivity index is 0.00000154. The van der Waals surface area contributed by atoms with Crippen molar-refractivity contribution in [2.45, 2.75) is 60.0 Å². The Hall–Kier alpha value is -3.27. The molecule has 0 aliphatic carbocycles. The smallest absolute Gasteiger partial charge is 0.174 e. The van der Waals surface area contributed by atoms with Crippen molar-refractivity contribution in [1.82, 2.24) is 0 Å². The third-order valence-corrected chi connectivity index (χ3v) is 9.01. The van der Waals surface area contributed by atoms with E-state index in [0.717, 1.165) is 56.3 Å². The fourth-order valence-electron chi connectivity index (χ4n) is 6.45. The number of benzene rings is 2. The SMILES string of the molecule is Cc1c2c(C)c3c(C)c1C[n+]1ccc(cc1)NCc1cc(cc(c1)CNc1cc[n+](cc1)C3)CNc1cc[n+](cc1)C2.[Br-].[Br-].[Br-]. The van der Waals surface area contributed by atoms with E-state index in [1.54, 1.807) is 0 Å². The third-order valence-electron chi connectivity index (χ3n) is 9.01. The molecule has 11 aliphatic rings. The number of halogens is 3. The van der Waals surface area contributed by atoms with Crippen LogP contribution in [-0.4, -0.2) is 0 Å². The summed E-state index contributed by atoms with van der Waals surface area (Å²) in [6.07, 6.45) is 13.2. The number of hydrogen-bond donors (Lipinski definition) is 3. The lowest BCUT2D eigenvalue weighted by Crippen LogP contribution is -3.00. The minimum Gasteiger partial charge on any atom is -1.00 e. The molecule has 3 aromatic heterocycles. The van der Waals surface area contributed by atoms with E-state index in [1.165, 1.54) is 50.1 Å². The Morgan fingerprint density at radius 3 is 0.911 bits per heavy atom. The van der Waals surface area contributed by atoms with Crippen LogP contribution < -0.4 is 80.6 Å². The van der Waals surface area contributed by atoms with Crippen LogP contribution in [0.3, 0.4) is 0 Å². The lowest BCUT2D eigenvalue weighted by atomic mass is 9.87. The molecule has 0 unspecified atom stereocenters. The maximum atomic E-state index is 3.66. The Bertz CT molecular complexity index is 1530. The molecule has 0 fully saturated rings. The fraction of sp³-hybridized carbons (Fsp3) is 0.250. The zero-order chi connectivity index (χ0) is 28.6. The van der Waals surface area contributed by atoms with Gasteiger partial charge in [-0.3, -0.25) is 0 Å². The first-order valence-electron chi connectivity index (χ1n) is 14.9. The molecule has 16 rings (SSSR count). The number of nitrogens with one attached hydrogen (secondary N) is 3. The lowest BCUT2D eigenvalue weighted by Gasteiger charge is -2.19. The van der Waals surface area contributed by atoms with Crippen LogP contribution >= 0.6 is 0 Å². The molecular weight excluding hydrogens is 756 g/mol. The number of nitrogens with zero attached hydrogens (tertiary/aromatic N) is 3. The highest BCUT2D eigenvalue weighted by atomic mass is 79.9. The lowest BCUT2D eigenvalue weighted by molar-refractivity contribution is -0.690. The topological polar surface area (TPSA) is 47.7 Å². The van der Waals surface area contributed by atoms with Gasteiger partial charge in [-0.25, -0.2) is 13.7 Å². The van der Waals surface area contributed by atoms with Crippen LogP contribution in [0.4, 0.5) is 17.1 Å². The number of pyridine rings is 3. The van der Waals surface area contributed by atoms with Crippen molar-refractivity contribution in [2.24, 2.45) is 0 Å². The van der Waals surface area contributed by atoms with Gasteiger partial charge in [0.2, 0.25) is 0 Å². The minimum absolute atomic E-state index is 0. The molecule has 2 aromatic carbocycles. The van der Waals surface area contributed by atoms with Crippen LogP contribution in [0.5, 0.6) is 0 Å². The van der Waals surface area contributed by atoms with Crippen molar-refractivity contribution < 1.29 is 64.6 Å². The van der Waals surface area contributed by atoms with E-state index in [1.807, 2.05) is 0 Å². The second kappa shape index (κ2) is 14.9. The maximum absolute atomic E-state index is 3.66. The van der Waals surface area contributed by atoms with Gasteiger partial charge in [-0.1, -0.05) is 18.2 Å². The molecule has 45 heavy (non-hydrogen) atoms. The van der Waals surface area contributed by atoms with Crippen molar-refractivity contribution in [2.75, 3.05) is 16.0 Å². The van der Waals surface area contributed by atoms with Crippen LogP contribution in [0.15, 0.2) is 91.8 Å². The Morgan fingerprint density at radius 2 is 0.667 bits per heavy atom. The highest BCUT2D eigenvalue weighted by Crippen LogP contribution is 2.28. The molecule has 0 atom stereocenters. The first-order valence-corrected chi connectivity index (χ1v) is 14.9. The zero-order valence-electron chi connectivity index (χ0n) is 25.9. The van der Waals surface area contributed by atoms with E-state index >= 15 is 0 Å². The quantitative estimate of drug-likeness (QED) is 0.141. The normalized spacial score (nSPS) is 13.1. The summed E-state index contributed by atoms with van der Waals surface area (Å²) in [6, 6.07) is 20.1. The van der Waals surface area contributed by atoms with Crippen molar-refractivity contribution in [1.29, 1.82) is 0 Å². The van der Waals surface area contributed by atoms with Gasteiger partial charge in [0, 0.05) is 89.8 Å². The van der Waals surface area contributed by atoms with E-state index in [0.29, 0.717) is 0 Å². The standard InChI is InChI=1S/C36H36N6.3BrH/c1-25-34-22-40-10-4-31(5-11-40)37-19-28-16-29-18-30(17-28)21-39-33-8-14-42(15-9-33)24-36(26(34)2)27(3)35(25)23-41-12-6-32(7-13-41)38-20-29;;;/h4-18H,19-24H2,1-3H3;3*1H. The summed E-state index contributed by atoms with van der Waals surface area (Å²) in [4.78, 5) is 0. The Labute approximate surface area is 297 Å². The van der Waals surface area contributed by atoms with Gasteiger partial charge >= 0.3 is 0 Å². The van der Waals surface area contributed by atoms with Crippen LogP contribution in [0.2, 0.25) is 0 Å². The predicted molar refractivity (Wildman–Crippen MR) is 166 cm³/mol. The van der Waals surface area contributed by atoms with Crippen molar-refractivity contribution in [3.8, 4) is 0 Å². The first-order chi connectivity index (χ1) is 20.5. The van der Waals surface area contributed by atoms with Gasteiger partial charge in [0.1, 0.15) is 0 Å². The fourth-order valence-corrected chi connectivity index (χ4v) is 6.45. The molecule has 0 spiro atoms. The number of hydrogen-bond acceptors (Lipinski definition) is 3. The third kappa shape index (κ3) is 7.59. The highest BCUT2D eigenvalue weighted by molar-refractivity contribution is 5.51. The second-order valence-electron chi connectivity index (χ2n) is 11.8. The van der Waals surface area contributed by atoms with Crippen LogP contribution in [0, 0.1) is 20.8 Å². The molecule has 12 bridgehead atoms. The summed E-state index contributed by atoms with van der Waals surface area (Å²) in [6.45, 7) is 11.7. The average Bonchev–Trinajstić information content (AvgIpc) is 3.01. The highest BCUT2D eigenvalue weighted by Gasteiger charge is 2.24. The summed E-state index contributed by atoms with van der Waals surface area (Å²) >= 11 is 0. The van der Waals surface area contributed by atoms with E-state index in [2.05, 4.69) is 142 Å². The predicted octanol–water partition coefficient (Wildman–Crippen LogP) is -3.91. The molecule has 6 nitrogen and oxygen atoms in total. The van der Waals surface area contributed by atoms with Gasteiger partial charge in [0.05, 0.1) is 0 Å². The molecule has 234 valence electrons. The molecule has 14 heterocycles. The summed E-state index contributed by atoms with van der Waals surface area (Å²) < 4.78 is 6.92. The van der Waals surface area contributed by atoms with Crippen LogP contribution in [-0.2, 0) is 39.3 Å². The summed E-state index contributed by atoms with van der Waals surface area (Å²) in [5.41, 5.74) is 15.6. The molecule has 0 amide bonds. The monoisotopic (exact) mass is 792 g/mol. The van der Waals surface area contributed by atoms with Gasteiger partial charge in [-0.05, 0) is 54.2 Å². The zero-order valence-corrected chi connectivity index (χ0v) is 30.6. The first kappa shape index (κ1) is 34.6. The number of rotatable bonds is 0.